The molecule has 0 radical (unpaired) electrons. The van der Waals surface area contributed by atoms with Gasteiger partial charge < -0.3 is 10.6 Å². The summed E-state index contributed by atoms with van der Waals surface area (Å²) in [6, 6.07) is -0.402. The van der Waals surface area contributed by atoms with Gasteiger partial charge in [0, 0.05) is 12.6 Å². The number of aldehydes is 1. The maximum Gasteiger partial charge on any atom is 0.318 e. The van der Waals surface area contributed by atoms with E-state index in [9.17, 15) is 9.59 Å². The molecule has 0 rings (SSSR count). The van der Waals surface area contributed by atoms with Gasteiger partial charge in [0.2, 0.25) is 0 Å². The zero-order valence-electron chi connectivity index (χ0n) is 8.39. The minimum absolute atomic E-state index is 0.337. The molecule has 0 aliphatic rings. The number of amides is 2. The third kappa shape index (κ3) is 3.26. The van der Waals surface area contributed by atoms with Crippen molar-refractivity contribution in [2.24, 2.45) is 0 Å². The first kappa shape index (κ1) is 12.2. The van der Waals surface area contributed by atoms with E-state index < -0.39 is 6.03 Å². The second kappa shape index (κ2) is 5.75. The van der Waals surface area contributed by atoms with Crippen molar-refractivity contribution in [3.8, 4) is 0 Å². The van der Waals surface area contributed by atoms with E-state index in [4.69, 9.17) is 0 Å². The molecule has 0 saturated heterocycles. The number of nitrogens with one attached hydrogen (secondary N) is 2. The standard InChI is InChI=1S/C10H14N2O2/c1-5-9(12-10(14)11-4)8(6-13)7(2)3/h5-6H,1-2H2,3-4H3,(H2,11,12,14)/b9-8+. The summed E-state index contributed by atoms with van der Waals surface area (Å²) in [4.78, 5) is 21.7. The van der Waals surface area contributed by atoms with Crippen molar-refractivity contribution >= 4 is 12.3 Å². The molecule has 4 heteroatoms. The van der Waals surface area contributed by atoms with Crippen LogP contribution in [-0.4, -0.2) is 19.4 Å². The molecule has 0 bridgehead atoms. The first-order chi connectivity index (χ1) is 6.56. The third-order valence-electron chi connectivity index (χ3n) is 1.55. The Morgan fingerprint density at radius 1 is 1.43 bits per heavy atom. The number of carbonyl (C=O) groups excluding carboxylic acids is 2. The van der Waals surface area contributed by atoms with Gasteiger partial charge in [-0.25, -0.2) is 4.79 Å². The molecule has 0 aromatic heterocycles. The number of carbonyl (C=O) groups is 2. The van der Waals surface area contributed by atoms with Gasteiger partial charge in [-0.2, -0.15) is 0 Å². The van der Waals surface area contributed by atoms with Crippen molar-refractivity contribution in [3.63, 3.8) is 0 Å². The van der Waals surface area contributed by atoms with Gasteiger partial charge in [0.1, 0.15) is 0 Å². The minimum atomic E-state index is -0.402. The predicted molar refractivity (Wildman–Crippen MR) is 55.7 cm³/mol. The SMILES string of the molecule is C=C/C(NC(=O)NC)=C(/C=O)C(=C)C. The molecule has 0 fully saturated rings. The minimum Gasteiger partial charge on any atom is -0.341 e. The number of allylic oxidation sites excluding steroid dienone is 3. The van der Waals surface area contributed by atoms with Crippen LogP contribution in [0, 0.1) is 0 Å². The molecular weight excluding hydrogens is 180 g/mol. The molecule has 0 atom stereocenters. The van der Waals surface area contributed by atoms with Crippen LogP contribution in [0.3, 0.4) is 0 Å². The van der Waals surface area contributed by atoms with Crippen molar-refractivity contribution in [2.75, 3.05) is 7.05 Å². The number of rotatable bonds is 4. The van der Waals surface area contributed by atoms with Crippen LogP contribution in [0.25, 0.3) is 0 Å². The Morgan fingerprint density at radius 3 is 2.29 bits per heavy atom. The molecular formula is C10H14N2O2. The van der Waals surface area contributed by atoms with E-state index >= 15 is 0 Å². The van der Waals surface area contributed by atoms with Crippen molar-refractivity contribution < 1.29 is 9.59 Å². The fourth-order valence-electron chi connectivity index (χ4n) is 0.807. The molecule has 4 nitrogen and oxygen atoms in total. The van der Waals surface area contributed by atoms with Gasteiger partial charge in [-0.05, 0) is 18.6 Å². The van der Waals surface area contributed by atoms with E-state index in [1.54, 1.807) is 6.92 Å². The van der Waals surface area contributed by atoms with Gasteiger partial charge in [0.25, 0.3) is 0 Å². The predicted octanol–water partition coefficient (Wildman–Crippen LogP) is 1.13. The summed E-state index contributed by atoms with van der Waals surface area (Å²) in [5.74, 6) is 0. The summed E-state index contributed by atoms with van der Waals surface area (Å²) in [5, 5.41) is 4.84. The second-order valence-electron chi connectivity index (χ2n) is 2.63. The van der Waals surface area contributed by atoms with Crippen molar-refractivity contribution in [3.05, 3.63) is 36.1 Å². The summed E-state index contributed by atoms with van der Waals surface area (Å²) < 4.78 is 0. The summed E-state index contributed by atoms with van der Waals surface area (Å²) >= 11 is 0. The number of hydrogen-bond acceptors (Lipinski definition) is 2. The zero-order valence-corrected chi connectivity index (χ0v) is 8.39. The van der Waals surface area contributed by atoms with E-state index in [1.807, 2.05) is 0 Å². The molecule has 0 aliphatic heterocycles. The topological polar surface area (TPSA) is 58.2 Å². The molecule has 76 valence electrons. The van der Waals surface area contributed by atoms with Crippen molar-refractivity contribution in [1.29, 1.82) is 0 Å². The maximum absolute atomic E-state index is 11.0. The maximum atomic E-state index is 11.0. The van der Waals surface area contributed by atoms with Crippen LogP contribution in [0.1, 0.15) is 6.92 Å². The first-order valence-corrected chi connectivity index (χ1v) is 4.03. The Balaban J connectivity index is 4.99. The molecule has 0 spiro atoms. The molecule has 2 amide bonds. The van der Waals surface area contributed by atoms with Crippen LogP contribution in [0.2, 0.25) is 0 Å². The smallest absolute Gasteiger partial charge is 0.318 e. The molecule has 0 unspecified atom stereocenters. The van der Waals surface area contributed by atoms with E-state index in [1.165, 1.54) is 13.1 Å². The molecule has 0 saturated carbocycles. The molecule has 0 aromatic rings. The molecule has 0 aliphatic carbocycles. The lowest BCUT2D eigenvalue weighted by Crippen LogP contribution is -2.32. The van der Waals surface area contributed by atoms with Crippen LogP contribution in [0.15, 0.2) is 36.1 Å². The Morgan fingerprint density at radius 2 is 2.00 bits per heavy atom. The van der Waals surface area contributed by atoms with Gasteiger partial charge in [-0.3, -0.25) is 4.79 Å². The van der Waals surface area contributed by atoms with Crippen LogP contribution in [-0.2, 0) is 4.79 Å². The summed E-state index contributed by atoms with van der Waals surface area (Å²) in [6.07, 6.45) is 2.03. The Bertz CT molecular complexity index is 303. The quantitative estimate of drug-likeness (QED) is 0.400. The molecule has 0 heterocycles. The van der Waals surface area contributed by atoms with Crippen LogP contribution in [0.4, 0.5) is 4.79 Å². The summed E-state index contributed by atoms with van der Waals surface area (Å²) in [6.45, 7) is 8.80. The Hall–Kier alpha value is -1.84. The molecule has 14 heavy (non-hydrogen) atoms. The van der Waals surface area contributed by atoms with E-state index in [-0.39, 0.29) is 0 Å². The summed E-state index contributed by atoms with van der Waals surface area (Å²) in [5.41, 5.74) is 1.27. The van der Waals surface area contributed by atoms with Gasteiger partial charge in [0.05, 0.1) is 5.70 Å². The van der Waals surface area contributed by atoms with Crippen LogP contribution < -0.4 is 10.6 Å². The lowest BCUT2D eigenvalue weighted by Gasteiger charge is -2.08. The monoisotopic (exact) mass is 194 g/mol. The van der Waals surface area contributed by atoms with Gasteiger partial charge in [-0.15, -0.1) is 0 Å². The van der Waals surface area contributed by atoms with Gasteiger partial charge in [-0.1, -0.05) is 13.2 Å². The van der Waals surface area contributed by atoms with E-state index in [2.05, 4.69) is 23.8 Å². The summed E-state index contributed by atoms with van der Waals surface area (Å²) in [7, 11) is 1.48. The highest BCUT2D eigenvalue weighted by Gasteiger charge is 2.06. The largest absolute Gasteiger partial charge is 0.341 e. The number of hydrogen-bond donors (Lipinski definition) is 2. The van der Waals surface area contributed by atoms with E-state index in [0.29, 0.717) is 23.1 Å². The average Bonchev–Trinajstić information content (AvgIpc) is 2.16. The molecule has 2 N–H and O–H groups in total. The fraction of sp³-hybridized carbons (Fsp3) is 0.200. The zero-order chi connectivity index (χ0) is 11.1. The van der Waals surface area contributed by atoms with Crippen molar-refractivity contribution in [2.45, 2.75) is 6.92 Å². The fourth-order valence-corrected chi connectivity index (χ4v) is 0.807. The van der Waals surface area contributed by atoms with Gasteiger partial charge in [0.15, 0.2) is 6.29 Å². The lowest BCUT2D eigenvalue weighted by molar-refractivity contribution is -0.104. The highest BCUT2D eigenvalue weighted by Crippen LogP contribution is 2.08. The Kier molecular flexibility index (Phi) is 4.99. The van der Waals surface area contributed by atoms with Crippen molar-refractivity contribution in [1.82, 2.24) is 10.6 Å². The number of urea groups is 1. The molecule has 0 aromatic carbocycles. The first-order valence-electron chi connectivity index (χ1n) is 4.03. The van der Waals surface area contributed by atoms with Crippen LogP contribution >= 0.6 is 0 Å². The Labute approximate surface area is 83.4 Å². The normalized spacial score (nSPS) is 11.0. The highest BCUT2D eigenvalue weighted by atomic mass is 16.2. The second-order valence-corrected chi connectivity index (χ2v) is 2.63. The third-order valence-corrected chi connectivity index (χ3v) is 1.55. The van der Waals surface area contributed by atoms with Gasteiger partial charge >= 0.3 is 6.03 Å². The highest BCUT2D eigenvalue weighted by molar-refractivity contribution is 5.85. The van der Waals surface area contributed by atoms with E-state index in [0.717, 1.165) is 0 Å². The van der Waals surface area contributed by atoms with Crippen LogP contribution in [0.5, 0.6) is 0 Å². The lowest BCUT2D eigenvalue weighted by atomic mass is 10.1. The average molecular weight is 194 g/mol.